The van der Waals surface area contributed by atoms with E-state index >= 15 is 0 Å². The van der Waals surface area contributed by atoms with Crippen LogP contribution in [0.1, 0.15) is 18.4 Å². The predicted molar refractivity (Wildman–Crippen MR) is 76.6 cm³/mol. The van der Waals surface area contributed by atoms with Crippen molar-refractivity contribution < 1.29 is 9.47 Å². The summed E-state index contributed by atoms with van der Waals surface area (Å²) in [5.74, 6) is 2.10. The van der Waals surface area contributed by atoms with Gasteiger partial charge in [-0.2, -0.15) is 5.26 Å². The average molecular weight is 270 g/mol. The summed E-state index contributed by atoms with van der Waals surface area (Å²) in [4.78, 5) is 0. The second-order valence-corrected chi connectivity index (χ2v) is 5.27. The van der Waals surface area contributed by atoms with Crippen molar-refractivity contribution in [2.24, 2.45) is 5.92 Å². The van der Waals surface area contributed by atoms with E-state index < -0.39 is 0 Å². The van der Waals surface area contributed by atoms with Gasteiger partial charge in [-0.3, -0.25) is 0 Å². The number of fused-ring (bicyclic) bond motifs is 1. The maximum atomic E-state index is 8.92. The molecule has 0 radical (unpaired) electrons. The summed E-state index contributed by atoms with van der Waals surface area (Å²) in [6, 6.07) is 7.95. The first-order valence-corrected chi connectivity index (χ1v) is 7.07. The molecule has 0 bridgehead atoms. The molecule has 104 valence electrons. The van der Waals surface area contributed by atoms with Crippen molar-refractivity contribution in [1.82, 2.24) is 5.32 Å². The minimum atomic E-state index is 0.328. The van der Waals surface area contributed by atoms with E-state index in [1.54, 1.807) is 0 Å². The van der Waals surface area contributed by atoms with Gasteiger partial charge in [0.15, 0.2) is 11.5 Å². The van der Waals surface area contributed by atoms with Crippen LogP contribution >= 0.6 is 0 Å². The summed E-state index contributed by atoms with van der Waals surface area (Å²) in [7, 11) is 0. The van der Waals surface area contributed by atoms with Crippen molar-refractivity contribution in [3.63, 3.8) is 0 Å². The molecule has 2 aliphatic rings. The van der Waals surface area contributed by atoms with Crippen molar-refractivity contribution in [2.45, 2.75) is 12.8 Å². The lowest BCUT2D eigenvalue weighted by Crippen LogP contribution is -2.33. The molecule has 0 saturated carbocycles. The molecule has 1 aromatic carbocycles. The second kappa shape index (κ2) is 5.98. The van der Waals surface area contributed by atoms with Crippen LogP contribution < -0.4 is 14.8 Å². The fraction of sp³-hybridized carbons (Fsp3) is 0.438. The number of hydrogen-bond acceptors (Lipinski definition) is 4. The molecular formula is C16H18N2O2. The summed E-state index contributed by atoms with van der Waals surface area (Å²) in [5.41, 5.74) is 1.57. The minimum absolute atomic E-state index is 0.328. The number of benzene rings is 1. The Morgan fingerprint density at radius 2 is 2.40 bits per heavy atom. The SMILES string of the molecule is N#CC1=Cc2cccc(OC[C@@H]3CCCNC3)c2OC1. The molecule has 1 aromatic rings. The van der Waals surface area contributed by atoms with Gasteiger partial charge < -0.3 is 14.8 Å². The Kier molecular flexibility index (Phi) is 3.89. The van der Waals surface area contributed by atoms with E-state index in [4.69, 9.17) is 14.7 Å². The summed E-state index contributed by atoms with van der Waals surface area (Å²) < 4.78 is 11.6. The molecule has 1 fully saturated rings. The lowest BCUT2D eigenvalue weighted by atomic mass is 10.0. The largest absolute Gasteiger partial charge is 0.489 e. The maximum Gasteiger partial charge on any atom is 0.168 e. The molecule has 0 spiro atoms. The Morgan fingerprint density at radius 1 is 1.45 bits per heavy atom. The molecule has 0 aliphatic carbocycles. The molecule has 3 rings (SSSR count). The van der Waals surface area contributed by atoms with Gasteiger partial charge in [0, 0.05) is 18.0 Å². The second-order valence-electron chi connectivity index (χ2n) is 5.27. The van der Waals surface area contributed by atoms with Crippen molar-refractivity contribution in [3.05, 3.63) is 29.3 Å². The standard InChI is InChI=1S/C16H18N2O2/c17-8-13-7-14-4-1-5-15(16(14)20-11-13)19-10-12-3-2-6-18-9-12/h1,4-5,7,12,18H,2-3,6,9-11H2/t12-/m1/s1. The predicted octanol–water partition coefficient (Wildman–Crippen LogP) is 2.36. The van der Waals surface area contributed by atoms with Crippen LogP contribution in [0.25, 0.3) is 6.08 Å². The van der Waals surface area contributed by atoms with E-state index in [1.165, 1.54) is 12.8 Å². The molecular weight excluding hydrogens is 252 g/mol. The van der Waals surface area contributed by atoms with E-state index in [1.807, 2.05) is 24.3 Å². The zero-order valence-electron chi connectivity index (χ0n) is 11.4. The van der Waals surface area contributed by atoms with Gasteiger partial charge in [0.1, 0.15) is 6.61 Å². The van der Waals surface area contributed by atoms with Gasteiger partial charge in [-0.1, -0.05) is 12.1 Å². The van der Waals surface area contributed by atoms with Crippen molar-refractivity contribution in [1.29, 1.82) is 5.26 Å². The van der Waals surface area contributed by atoms with Crippen LogP contribution in [0, 0.1) is 17.2 Å². The minimum Gasteiger partial charge on any atom is -0.489 e. The number of piperidine rings is 1. The lowest BCUT2D eigenvalue weighted by molar-refractivity contribution is 0.208. The summed E-state index contributed by atoms with van der Waals surface area (Å²) in [6.45, 7) is 3.17. The fourth-order valence-corrected chi connectivity index (χ4v) is 2.63. The Balaban J connectivity index is 1.71. The molecule has 20 heavy (non-hydrogen) atoms. The molecule has 4 heteroatoms. The first kappa shape index (κ1) is 13.0. The van der Waals surface area contributed by atoms with Gasteiger partial charge in [0.25, 0.3) is 0 Å². The van der Waals surface area contributed by atoms with Gasteiger partial charge >= 0.3 is 0 Å². The molecule has 2 aliphatic heterocycles. The van der Waals surface area contributed by atoms with Crippen LogP contribution in [0.5, 0.6) is 11.5 Å². The van der Waals surface area contributed by atoms with Gasteiger partial charge in [-0.15, -0.1) is 0 Å². The van der Waals surface area contributed by atoms with Crippen LogP contribution in [0.2, 0.25) is 0 Å². The third kappa shape index (κ3) is 2.78. The van der Waals surface area contributed by atoms with E-state index in [0.717, 1.165) is 30.2 Å². The van der Waals surface area contributed by atoms with E-state index in [2.05, 4.69) is 11.4 Å². The Bertz CT molecular complexity index is 554. The third-order valence-electron chi connectivity index (χ3n) is 3.73. The highest BCUT2D eigenvalue weighted by Crippen LogP contribution is 2.36. The number of ether oxygens (including phenoxy) is 2. The van der Waals surface area contributed by atoms with Crippen LogP contribution in [0.15, 0.2) is 23.8 Å². The number of nitriles is 1. The van der Waals surface area contributed by atoms with Crippen LogP contribution in [0.4, 0.5) is 0 Å². The highest BCUT2D eigenvalue weighted by Gasteiger charge is 2.18. The number of hydrogen-bond donors (Lipinski definition) is 1. The summed E-state index contributed by atoms with van der Waals surface area (Å²) in [6.07, 6.45) is 4.29. The van der Waals surface area contributed by atoms with Gasteiger partial charge in [0.05, 0.1) is 18.2 Å². The summed E-state index contributed by atoms with van der Waals surface area (Å²) >= 11 is 0. The Morgan fingerprint density at radius 3 is 3.20 bits per heavy atom. The Hall–Kier alpha value is -1.99. The maximum absolute atomic E-state index is 8.92. The molecule has 0 unspecified atom stereocenters. The van der Waals surface area contributed by atoms with Crippen molar-refractivity contribution in [2.75, 3.05) is 26.3 Å². The fourth-order valence-electron chi connectivity index (χ4n) is 2.63. The highest BCUT2D eigenvalue weighted by atomic mass is 16.5. The van der Waals surface area contributed by atoms with Crippen LogP contribution in [-0.4, -0.2) is 26.3 Å². The molecule has 1 atom stereocenters. The van der Waals surface area contributed by atoms with Gasteiger partial charge in [0.2, 0.25) is 0 Å². The van der Waals surface area contributed by atoms with Gasteiger partial charge in [-0.25, -0.2) is 0 Å². The number of rotatable bonds is 3. The van der Waals surface area contributed by atoms with E-state index in [0.29, 0.717) is 24.7 Å². The summed E-state index contributed by atoms with van der Waals surface area (Å²) in [5, 5.41) is 12.3. The number of nitrogens with zero attached hydrogens (tertiary/aromatic N) is 1. The first-order valence-electron chi connectivity index (χ1n) is 7.07. The quantitative estimate of drug-likeness (QED) is 0.916. The number of nitrogens with one attached hydrogen (secondary N) is 1. The first-order chi connectivity index (χ1) is 9.86. The van der Waals surface area contributed by atoms with Crippen molar-refractivity contribution >= 4 is 6.08 Å². The molecule has 2 heterocycles. The topological polar surface area (TPSA) is 54.3 Å². The molecule has 1 N–H and O–H groups in total. The molecule has 4 nitrogen and oxygen atoms in total. The molecule has 1 saturated heterocycles. The molecule has 0 amide bonds. The lowest BCUT2D eigenvalue weighted by Gasteiger charge is -2.24. The van der Waals surface area contributed by atoms with E-state index in [9.17, 15) is 0 Å². The third-order valence-corrected chi connectivity index (χ3v) is 3.73. The molecule has 0 aromatic heterocycles. The number of para-hydroxylation sites is 1. The van der Waals surface area contributed by atoms with Crippen LogP contribution in [-0.2, 0) is 0 Å². The van der Waals surface area contributed by atoms with E-state index in [-0.39, 0.29) is 0 Å². The normalized spacial score (nSPS) is 21.1. The average Bonchev–Trinajstić information content (AvgIpc) is 2.53. The zero-order valence-corrected chi connectivity index (χ0v) is 11.4. The Labute approximate surface area is 119 Å². The van der Waals surface area contributed by atoms with Crippen molar-refractivity contribution in [3.8, 4) is 17.6 Å². The highest BCUT2D eigenvalue weighted by molar-refractivity contribution is 5.68. The zero-order chi connectivity index (χ0) is 13.8. The monoisotopic (exact) mass is 270 g/mol. The smallest absolute Gasteiger partial charge is 0.168 e. The van der Waals surface area contributed by atoms with Gasteiger partial charge in [-0.05, 0) is 31.5 Å². The van der Waals surface area contributed by atoms with Crippen LogP contribution in [0.3, 0.4) is 0 Å².